The molecule has 14 nitrogen and oxygen atoms in total. The number of nitrogens with zero attached hydrogens (tertiary/aromatic N) is 4. The number of rotatable bonds is 18. The Balaban J connectivity index is 0.000000262. The summed E-state index contributed by atoms with van der Waals surface area (Å²) >= 11 is 0. The Morgan fingerprint density at radius 3 is 1.52 bits per heavy atom. The zero-order valence-electron chi connectivity index (χ0n) is 45.4. The van der Waals surface area contributed by atoms with Crippen LogP contribution in [0.25, 0.3) is 22.4 Å². The average molecular weight is 1200 g/mol. The first-order valence-corrected chi connectivity index (χ1v) is 29.4. The van der Waals surface area contributed by atoms with Crippen LogP contribution >= 0.6 is 0 Å². The number of sulfone groups is 2. The van der Waals surface area contributed by atoms with Crippen molar-refractivity contribution in [1.82, 2.24) is 25.2 Å². The summed E-state index contributed by atoms with van der Waals surface area (Å²) in [5.41, 5.74) is 3.71. The van der Waals surface area contributed by atoms with Gasteiger partial charge in [0.15, 0.2) is 35.5 Å². The van der Waals surface area contributed by atoms with Crippen LogP contribution in [0.4, 0.5) is 43.9 Å². The van der Waals surface area contributed by atoms with Gasteiger partial charge in [-0.2, -0.15) is 43.9 Å². The highest BCUT2D eigenvalue weighted by molar-refractivity contribution is 7.94. The lowest BCUT2D eigenvalue weighted by molar-refractivity contribution is -0.284. The number of ether oxygens (including phenoxy) is 2. The monoisotopic (exact) mass is 1200 g/mol. The molecule has 3 aliphatic heterocycles. The van der Waals surface area contributed by atoms with E-state index in [0.29, 0.717) is 61.5 Å². The molecule has 81 heavy (non-hydrogen) atoms. The maximum atomic E-state index is 14.0. The van der Waals surface area contributed by atoms with Crippen LogP contribution in [0.3, 0.4) is 0 Å². The van der Waals surface area contributed by atoms with E-state index >= 15 is 0 Å². The predicted molar refractivity (Wildman–Crippen MR) is 279 cm³/mol. The van der Waals surface area contributed by atoms with Gasteiger partial charge in [-0.25, -0.2) is 27.2 Å². The fourth-order valence-corrected chi connectivity index (χ4v) is 13.4. The fraction of sp³-hybridized carbons (Fsp3) is 0.564. The van der Waals surface area contributed by atoms with E-state index in [0.717, 1.165) is 32.1 Å². The van der Waals surface area contributed by atoms with Gasteiger partial charge < -0.3 is 19.3 Å². The standard InChI is InChI=1S/C29H35F5N2O5S.C26H32F5N3O4S/c1-2-36-18-16-27(17-19-36,26(37)35-41-25-5-3-4-20-40-25)42(38,39)24-12-10-23(11-13-24)22-8-6-21(7-9-22)14-15-28(30,31)29(32,33)34;1-5-34-14-12-24(13-15-34,22(35)38-23(2,3)4)39(36,37)20-8-6-18(7-9-20)21-17-32-19(16-33-21)10-11-25(27,28)26(29,30)31/h6-13,25H,2-5,14-20H2,1H3,(H,35,37);6-9,16-17H,5,10-15H2,1-4H3. The number of nitrogens with one attached hydrogen (secondary N) is 1. The number of carbonyl (C=O) groups is 2. The molecule has 4 heterocycles. The minimum absolute atomic E-state index is 0.0359. The summed E-state index contributed by atoms with van der Waals surface area (Å²) in [6.07, 6.45) is -10.8. The van der Waals surface area contributed by atoms with Crippen LogP contribution in [0.15, 0.2) is 95.0 Å². The number of hydrogen-bond acceptors (Lipinski definition) is 13. The van der Waals surface area contributed by atoms with Crippen LogP contribution in [0.1, 0.15) is 104 Å². The maximum absolute atomic E-state index is 14.0. The molecule has 1 atom stereocenters. The quantitative estimate of drug-likeness (QED) is 0.0567. The molecule has 3 aliphatic rings. The van der Waals surface area contributed by atoms with Gasteiger partial charge in [0.25, 0.3) is 5.91 Å². The van der Waals surface area contributed by atoms with Gasteiger partial charge in [-0.15, -0.1) is 0 Å². The Labute approximate surface area is 465 Å². The molecule has 0 aliphatic carbocycles. The second kappa shape index (κ2) is 25.7. The molecule has 3 saturated heterocycles. The van der Waals surface area contributed by atoms with Crippen molar-refractivity contribution >= 4 is 31.6 Å². The number of likely N-dealkylation sites (tertiary alicyclic amines) is 2. The van der Waals surface area contributed by atoms with Crippen molar-refractivity contribution in [2.75, 3.05) is 45.9 Å². The number of amides is 1. The molecule has 4 aromatic rings. The van der Waals surface area contributed by atoms with Crippen LogP contribution in [0.5, 0.6) is 0 Å². The predicted octanol–water partition coefficient (Wildman–Crippen LogP) is 10.9. The van der Waals surface area contributed by atoms with E-state index in [9.17, 15) is 70.3 Å². The summed E-state index contributed by atoms with van der Waals surface area (Å²) in [5.74, 6) is -11.1. The average Bonchev–Trinajstić information content (AvgIpc) is 3.64. The number of hydrogen-bond donors (Lipinski definition) is 1. The van der Waals surface area contributed by atoms with Crippen molar-refractivity contribution in [3.63, 3.8) is 0 Å². The van der Waals surface area contributed by atoms with Crippen LogP contribution in [0, 0.1) is 0 Å². The zero-order valence-corrected chi connectivity index (χ0v) is 47.1. The van der Waals surface area contributed by atoms with E-state index in [-0.39, 0.29) is 46.9 Å². The molecule has 0 radical (unpaired) electrons. The van der Waals surface area contributed by atoms with E-state index in [1.807, 2.05) is 13.8 Å². The van der Waals surface area contributed by atoms with Gasteiger partial charge in [0.1, 0.15) is 5.60 Å². The van der Waals surface area contributed by atoms with Crippen LogP contribution in [-0.2, 0) is 56.4 Å². The van der Waals surface area contributed by atoms with Gasteiger partial charge in [-0.05, 0) is 126 Å². The SMILES string of the molecule is CCN1CCC(C(=O)NOC2CCCCO2)(S(=O)(=O)c2ccc(-c3ccc(CCC(F)(F)C(F)(F)F)cc3)cc2)CC1.CCN1CCC(C(=O)OC(C)(C)C)(S(=O)(=O)c2ccc(-c3cnc(CCC(F)(F)C(F)(F)F)cn3)cc2)CC1. The third kappa shape index (κ3) is 15.3. The molecule has 0 bridgehead atoms. The molecule has 1 N–H and O–H groups in total. The summed E-state index contributed by atoms with van der Waals surface area (Å²) < 4.78 is 191. The molecule has 0 saturated carbocycles. The molecular formula is C55H67F10N5O9S2. The number of piperidine rings is 2. The summed E-state index contributed by atoms with van der Waals surface area (Å²) in [5, 5.41) is 0. The van der Waals surface area contributed by atoms with E-state index in [1.54, 1.807) is 45.0 Å². The van der Waals surface area contributed by atoms with E-state index in [2.05, 4.69) is 25.2 Å². The first kappa shape index (κ1) is 64.9. The summed E-state index contributed by atoms with van der Waals surface area (Å²) in [7, 11) is -8.34. The molecule has 3 aromatic carbocycles. The van der Waals surface area contributed by atoms with Gasteiger partial charge >= 0.3 is 30.2 Å². The zero-order chi connectivity index (χ0) is 59.9. The smallest absolute Gasteiger partial charge is 0.453 e. The van der Waals surface area contributed by atoms with Gasteiger partial charge in [0.2, 0.25) is 0 Å². The topological polar surface area (TPSA) is 174 Å². The number of benzene rings is 3. The van der Waals surface area contributed by atoms with Gasteiger partial charge in [0, 0.05) is 63.8 Å². The van der Waals surface area contributed by atoms with Crippen molar-refractivity contribution in [1.29, 1.82) is 0 Å². The lowest BCUT2D eigenvalue weighted by atomic mass is 9.95. The van der Waals surface area contributed by atoms with Crippen LogP contribution in [-0.4, -0.2) is 140 Å². The van der Waals surface area contributed by atoms with Gasteiger partial charge in [-0.1, -0.05) is 62.4 Å². The van der Waals surface area contributed by atoms with Gasteiger partial charge in [0.05, 0.1) is 27.4 Å². The van der Waals surface area contributed by atoms with E-state index in [1.165, 1.54) is 54.7 Å². The Bertz CT molecular complexity index is 2960. The molecule has 7 rings (SSSR count). The number of aryl methyl sites for hydroxylation is 2. The Hall–Kier alpha value is -5.28. The second-order valence-electron chi connectivity index (χ2n) is 21.3. The molecule has 1 unspecified atom stereocenters. The molecule has 3 fully saturated rings. The first-order chi connectivity index (χ1) is 37.7. The van der Waals surface area contributed by atoms with Crippen molar-refractivity contribution in [2.24, 2.45) is 0 Å². The molecule has 26 heteroatoms. The Morgan fingerprint density at radius 2 is 1.09 bits per heavy atom. The number of hydroxylamine groups is 1. The van der Waals surface area contributed by atoms with Crippen molar-refractivity contribution in [3.05, 3.63) is 96.4 Å². The number of halogens is 10. The minimum atomic E-state index is -5.64. The van der Waals surface area contributed by atoms with Crippen molar-refractivity contribution < 1.29 is 84.6 Å². The number of alkyl halides is 10. The van der Waals surface area contributed by atoms with Crippen LogP contribution in [0.2, 0.25) is 0 Å². The minimum Gasteiger partial charge on any atom is -0.459 e. The number of carbonyl (C=O) groups excluding carboxylic acids is 2. The molecule has 1 amide bonds. The summed E-state index contributed by atoms with van der Waals surface area (Å²) in [6.45, 7) is 12.6. The third-order valence-corrected chi connectivity index (χ3v) is 19.7. The normalized spacial score (nSPS) is 18.8. The molecular weight excluding hydrogens is 1130 g/mol. The second-order valence-corrected chi connectivity index (χ2v) is 25.8. The molecule has 448 valence electrons. The number of esters is 1. The number of aromatic nitrogens is 2. The summed E-state index contributed by atoms with van der Waals surface area (Å²) in [6, 6.07) is 17.7. The first-order valence-electron chi connectivity index (χ1n) is 26.5. The van der Waals surface area contributed by atoms with Gasteiger partial charge in [-0.3, -0.25) is 19.6 Å². The summed E-state index contributed by atoms with van der Waals surface area (Å²) in [4.78, 5) is 44.2. The Morgan fingerprint density at radius 1 is 0.630 bits per heavy atom. The van der Waals surface area contributed by atoms with E-state index < -0.39 is 103 Å². The molecule has 0 spiro atoms. The highest BCUT2D eigenvalue weighted by Gasteiger charge is 2.58. The highest BCUT2D eigenvalue weighted by atomic mass is 32.2. The maximum Gasteiger partial charge on any atom is 0.453 e. The lowest BCUT2D eigenvalue weighted by Crippen LogP contribution is -2.58. The van der Waals surface area contributed by atoms with Crippen molar-refractivity contribution in [3.8, 4) is 22.4 Å². The van der Waals surface area contributed by atoms with Crippen molar-refractivity contribution in [2.45, 2.75) is 161 Å². The Kier molecular flexibility index (Phi) is 20.6. The van der Waals surface area contributed by atoms with Crippen LogP contribution < -0.4 is 5.48 Å². The molecule has 1 aromatic heterocycles. The highest BCUT2D eigenvalue weighted by Crippen LogP contribution is 2.42. The van der Waals surface area contributed by atoms with E-state index in [4.69, 9.17) is 14.3 Å². The third-order valence-electron chi connectivity index (χ3n) is 14.7. The fourth-order valence-electron chi connectivity index (χ4n) is 9.50. The largest absolute Gasteiger partial charge is 0.459 e. The lowest BCUT2D eigenvalue weighted by Gasteiger charge is -2.40.